The Hall–Kier alpha value is -4.90. The minimum absolute atomic E-state index is 0.0293. The molecule has 3 aromatic carbocycles. The molecule has 0 atom stereocenters. The predicted octanol–water partition coefficient (Wildman–Crippen LogP) is 5.93. The van der Waals surface area contributed by atoms with Gasteiger partial charge in [-0.15, -0.1) is 0 Å². The van der Waals surface area contributed by atoms with E-state index in [4.69, 9.17) is 4.74 Å². The SMILES string of the molecule is CCN(CC)C(=O)/C=C/c1cn(Cc2ccc(C(=O)NS(=O)(=O)c3ccccc3C)cc2OC)c2cc(C(=O)NCC3CCCC3)ccc12. The first kappa shape index (κ1) is 35.4. The number of nitrogens with zero attached hydrogens (tertiary/aromatic N) is 2. The summed E-state index contributed by atoms with van der Waals surface area (Å²) in [5, 5.41) is 3.97. The highest BCUT2D eigenvalue weighted by atomic mass is 32.2. The standard InChI is InChI=1S/C38H44N4O6S/c1-5-41(6-2)36(43)20-18-30-24-42(33-21-28(17-19-32(30)33)37(44)39-23-27-12-8-9-13-27)25-31-16-15-29(22-34(31)48-4)38(45)40-49(46,47)35-14-10-7-11-26(35)3/h7,10-11,14-22,24,27H,5-6,8-9,12-13,23,25H2,1-4H3,(H,39,44)(H,40,45)/b20-18+. The van der Waals surface area contributed by atoms with Gasteiger partial charge in [0.15, 0.2) is 0 Å². The molecule has 1 aromatic heterocycles. The first-order valence-electron chi connectivity index (χ1n) is 16.7. The van der Waals surface area contributed by atoms with Gasteiger partial charge in [-0.3, -0.25) is 14.4 Å². The van der Waals surface area contributed by atoms with E-state index in [0.717, 1.165) is 34.9 Å². The van der Waals surface area contributed by atoms with E-state index < -0.39 is 15.9 Å². The number of aromatic nitrogens is 1. The van der Waals surface area contributed by atoms with Crippen molar-refractivity contribution < 1.29 is 27.5 Å². The normalized spacial score (nSPS) is 13.6. The smallest absolute Gasteiger partial charge is 0.265 e. The summed E-state index contributed by atoms with van der Waals surface area (Å²) in [6.07, 6.45) is 9.95. The van der Waals surface area contributed by atoms with Crippen molar-refractivity contribution in [3.8, 4) is 5.75 Å². The topological polar surface area (TPSA) is 127 Å². The van der Waals surface area contributed by atoms with Crippen LogP contribution >= 0.6 is 0 Å². The van der Waals surface area contributed by atoms with E-state index in [1.807, 2.05) is 36.7 Å². The van der Waals surface area contributed by atoms with Gasteiger partial charge in [0.2, 0.25) is 5.91 Å². The van der Waals surface area contributed by atoms with Gasteiger partial charge in [0.25, 0.3) is 21.8 Å². The molecule has 5 rings (SSSR count). The average Bonchev–Trinajstić information content (AvgIpc) is 3.74. The second kappa shape index (κ2) is 15.5. The summed E-state index contributed by atoms with van der Waals surface area (Å²) in [7, 11) is -2.61. The van der Waals surface area contributed by atoms with Gasteiger partial charge in [0.05, 0.1) is 18.6 Å². The number of methoxy groups -OCH3 is 1. The lowest BCUT2D eigenvalue weighted by atomic mass is 10.1. The number of nitrogens with one attached hydrogen (secondary N) is 2. The van der Waals surface area contributed by atoms with E-state index in [0.29, 0.717) is 49.0 Å². The summed E-state index contributed by atoms with van der Waals surface area (Å²) >= 11 is 0. The second-order valence-corrected chi connectivity index (χ2v) is 14.0. The minimum atomic E-state index is -4.09. The predicted molar refractivity (Wildman–Crippen MR) is 191 cm³/mol. The quantitative estimate of drug-likeness (QED) is 0.168. The van der Waals surface area contributed by atoms with Gasteiger partial charge in [-0.25, -0.2) is 13.1 Å². The lowest BCUT2D eigenvalue weighted by molar-refractivity contribution is -0.125. The molecular formula is C38H44N4O6S. The highest BCUT2D eigenvalue weighted by Gasteiger charge is 2.22. The Kier molecular flexibility index (Phi) is 11.2. The third-order valence-corrected chi connectivity index (χ3v) is 10.7. The molecule has 4 aromatic rings. The molecule has 49 heavy (non-hydrogen) atoms. The highest BCUT2D eigenvalue weighted by Crippen LogP contribution is 2.29. The Morgan fingerprint density at radius 1 is 0.959 bits per heavy atom. The molecular weight excluding hydrogens is 641 g/mol. The van der Waals surface area contributed by atoms with Gasteiger partial charge in [-0.1, -0.05) is 43.2 Å². The van der Waals surface area contributed by atoms with Crippen LogP contribution in [0.3, 0.4) is 0 Å². The number of likely N-dealkylation sites (N-methyl/N-ethyl adjacent to an activating group) is 1. The number of carbonyl (C=O) groups excluding carboxylic acids is 3. The summed E-state index contributed by atoms with van der Waals surface area (Å²) in [6, 6.07) is 16.8. The van der Waals surface area contributed by atoms with E-state index in [1.54, 1.807) is 60.4 Å². The Bertz CT molecular complexity index is 1990. The van der Waals surface area contributed by atoms with Gasteiger partial charge < -0.3 is 19.5 Å². The lowest BCUT2D eigenvalue weighted by Gasteiger charge is -2.15. The van der Waals surface area contributed by atoms with Crippen LogP contribution in [0.1, 0.15) is 76.9 Å². The van der Waals surface area contributed by atoms with E-state index in [-0.39, 0.29) is 22.3 Å². The molecule has 1 aliphatic rings. The van der Waals surface area contributed by atoms with Crippen molar-refractivity contribution in [2.24, 2.45) is 5.92 Å². The van der Waals surface area contributed by atoms with Crippen LogP contribution in [0, 0.1) is 12.8 Å². The third-order valence-electron chi connectivity index (χ3n) is 9.18. The molecule has 0 spiro atoms. The van der Waals surface area contributed by atoms with E-state index >= 15 is 0 Å². The molecule has 1 saturated carbocycles. The number of aryl methyl sites for hydroxylation is 1. The zero-order valence-corrected chi connectivity index (χ0v) is 29.3. The fourth-order valence-electron chi connectivity index (χ4n) is 6.37. The third kappa shape index (κ3) is 8.22. The molecule has 0 saturated heterocycles. The number of ether oxygens (including phenoxy) is 1. The number of benzene rings is 3. The average molecular weight is 685 g/mol. The van der Waals surface area contributed by atoms with Crippen LogP contribution in [0.2, 0.25) is 0 Å². The molecule has 0 bridgehead atoms. The molecule has 11 heteroatoms. The number of carbonyl (C=O) groups is 3. The van der Waals surface area contributed by atoms with Crippen molar-refractivity contribution in [2.75, 3.05) is 26.7 Å². The van der Waals surface area contributed by atoms with Crippen LogP contribution in [0.15, 0.2) is 77.8 Å². The zero-order chi connectivity index (χ0) is 35.1. The zero-order valence-electron chi connectivity index (χ0n) is 28.5. The van der Waals surface area contributed by atoms with Crippen molar-refractivity contribution in [3.63, 3.8) is 0 Å². The Morgan fingerprint density at radius 3 is 2.35 bits per heavy atom. The molecule has 10 nitrogen and oxygen atoms in total. The number of hydrogen-bond donors (Lipinski definition) is 2. The maximum absolute atomic E-state index is 13.2. The van der Waals surface area contributed by atoms with Crippen molar-refractivity contribution in [3.05, 3.63) is 101 Å². The second-order valence-electron chi connectivity index (χ2n) is 12.4. The Labute approximate surface area is 288 Å². The fourth-order valence-corrected chi connectivity index (χ4v) is 7.60. The maximum Gasteiger partial charge on any atom is 0.265 e. The van der Waals surface area contributed by atoms with Crippen molar-refractivity contribution in [1.82, 2.24) is 19.5 Å². The molecule has 0 radical (unpaired) electrons. The highest BCUT2D eigenvalue weighted by molar-refractivity contribution is 7.90. The molecule has 258 valence electrons. The van der Waals surface area contributed by atoms with Gasteiger partial charge in [-0.2, -0.15) is 0 Å². The number of rotatable bonds is 13. The van der Waals surface area contributed by atoms with Crippen LogP contribution in [0.25, 0.3) is 17.0 Å². The lowest BCUT2D eigenvalue weighted by Crippen LogP contribution is -2.31. The monoisotopic (exact) mass is 684 g/mol. The Balaban J connectivity index is 1.45. The van der Waals surface area contributed by atoms with Crippen molar-refractivity contribution >= 4 is 44.7 Å². The first-order chi connectivity index (χ1) is 23.5. The summed E-state index contributed by atoms with van der Waals surface area (Å²) in [5.41, 5.74) is 3.50. The van der Waals surface area contributed by atoms with E-state index in [2.05, 4.69) is 10.0 Å². The Morgan fingerprint density at radius 2 is 1.65 bits per heavy atom. The fraction of sp³-hybridized carbons (Fsp3) is 0.342. The number of sulfonamides is 1. The maximum atomic E-state index is 13.2. The summed E-state index contributed by atoms with van der Waals surface area (Å²) in [5.74, 6) is -0.102. The van der Waals surface area contributed by atoms with E-state index in [9.17, 15) is 22.8 Å². The molecule has 3 amide bonds. The van der Waals surface area contributed by atoms with Gasteiger partial charge in [0, 0.05) is 65.1 Å². The van der Waals surface area contributed by atoms with Crippen molar-refractivity contribution in [2.45, 2.75) is 57.9 Å². The summed E-state index contributed by atoms with van der Waals surface area (Å²) in [4.78, 5) is 40.8. The van der Waals surface area contributed by atoms with E-state index in [1.165, 1.54) is 32.1 Å². The molecule has 0 unspecified atom stereocenters. The van der Waals surface area contributed by atoms with Crippen LogP contribution in [0.4, 0.5) is 0 Å². The molecule has 2 N–H and O–H groups in total. The molecule has 0 aliphatic heterocycles. The number of hydrogen-bond acceptors (Lipinski definition) is 6. The summed E-state index contributed by atoms with van der Waals surface area (Å²) in [6.45, 7) is 7.71. The molecule has 1 fully saturated rings. The number of amides is 3. The van der Waals surface area contributed by atoms with Crippen LogP contribution < -0.4 is 14.8 Å². The summed E-state index contributed by atoms with van der Waals surface area (Å²) < 4.78 is 35.7. The first-order valence-corrected chi connectivity index (χ1v) is 18.2. The number of fused-ring (bicyclic) bond motifs is 1. The van der Waals surface area contributed by atoms with Gasteiger partial charge in [0.1, 0.15) is 5.75 Å². The van der Waals surface area contributed by atoms with Gasteiger partial charge in [-0.05, 0) is 81.5 Å². The minimum Gasteiger partial charge on any atom is -0.496 e. The molecule has 1 aliphatic carbocycles. The van der Waals surface area contributed by atoms with Crippen LogP contribution in [0.5, 0.6) is 5.75 Å². The van der Waals surface area contributed by atoms with Crippen LogP contribution in [-0.2, 0) is 21.4 Å². The largest absolute Gasteiger partial charge is 0.496 e. The van der Waals surface area contributed by atoms with Crippen molar-refractivity contribution in [1.29, 1.82) is 0 Å². The molecule has 1 heterocycles. The van der Waals surface area contributed by atoms with Gasteiger partial charge >= 0.3 is 0 Å². The van der Waals surface area contributed by atoms with Crippen LogP contribution in [-0.4, -0.2) is 62.4 Å².